The van der Waals surface area contributed by atoms with E-state index in [4.69, 9.17) is 11.1 Å². The maximum atomic E-state index is 11.9. The molecule has 2 rings (SSSR count). The summed E-state index contributed by atoms with van der Waals surface area (Å²) >= 11 is 0. The van der Waals surface area contributed by atoms with E-state index in [1.165, 1.54) is 0 Å². The van der Waals surface area contributed by atoms with Crippen LogP contribution < -0.4 is 11.2 Å². The average Bonchev–Trinajstić information content (AvgIpc) is 2.81. The van der Waals surface area contributed by atoms with E-state index in [-0.39, 0.29) is 18.0 Å². The van der Waals surface area contributed by atoms with E-state index in [1.807, 2.05) is 0 Å². The summed E-state index contributed by atoms with van der Waals surface area (Å²) < 4.78 is 0. The van der Waals surface area contributed by atoms with Gasteiger partial charge in [-0.15, -0.1) is 0 Å². The van der Waals surface area contributed by atoms with Crippen molar-refractivity contribution in [3.8, 4) is 6.07 Å². The van der Waals surface area contributed by atoms with Crippen molar-refractivity contribution in [3.05, 3.63) is 0 Å². The number of amides is 2. The number of nitrogens with zero attached hydrogens (tertiary/aromatic N) is 3. The third-order valence-electron chi connectivity index (χ3n) is 3.52. The van der Waals surface area contributed by atoms with Gasteiger partial charge in [-0.25, -0.2) is 9.80 Å². The van der Waals surface area contributed by atoms with Crippen LogP contribution in [-0.2, 0) is 0 Å². The molecule has 0 bridgehead atoms. The van der Waals surface area contributed by atoms with Crippen LogP contribution in [0, 0.1) is 17.2 Å². The predicted octanol–water partition coefficient (Wildman–Crippen LogP) is -0.120. The minimum atomic E-state index is -0.0294. The SMILES string of the molecule is N#CC1CCN(C(=O)NC2CCN(N)CC2)C1. The zero-order valence-electron chi connectivity index (χ0n) is 9.93. The van der Waals surface area contributed by atoms with Gasteiger partial charge in [-0.1, -0.05) is 0 Å². The summed E-state index contributed by atoms with van der Waals surface area (Å²) in [7, 11) is 0. The lowest BCUT2D eigenvalue weighted by Crippen LogP contribution is -2.50. The van der Waals surface area contributed by atoms with Crippen LogP contribution in [0.2, 0.25) is 0 Å². The fourth-order valence-electron chi connectivity index (χ4n) is 2.36. The average molecular weight is 237 g/mol. The van der Waals surface area contributed by atoms with E-state index < -0.39 is 0 Å². The second-order valence-electron chi connectivity index (χ2n) is 4.82. The van der Waals surface area contributed by atoms with Crippen LogP contribution in [0.4, 0.5) is 4.79 Å². The molecule has 0 radical (unpaired) electrons. The summed E-state index contributed by atoms with van der Waals surface area (Å²) in [6, 6.07) is 2.41. The zero-order valence-corrected chi connectivity index (χ0v) is 9.93. The Balaban J connectivity index is 1.76. The normalized spacial score (nSPS) is 26.8. The molecule has 0 aliphatic carbocycles. The molecule has 0 spiro atoms. The van der Waals surface area contributed by atoms with Gasteiger partial charge >= 0.3 is 6.03 Å². The first-order valence-electron chi connectivity index (χ1n) is 6.13. The molecule has 2 amide bonds. The van der Waals surface area contributed by atoms with Gasteiger partial charge in [-0.3, -0.25) is 5.84 Å². The van der Waals surface area contributed by atoms with Crippen LogP contribution in [0.5, 0.6) is 0 Å². The van der Waals surface area contributed by atoms with Crippen molar-refractivity contribution in [2.24, 2.45) is 11.8 Å². The quantitative estimate of drug-likeness (QED) is 0.623. The van der Waals surface area contributed by atoms with Gasteiger partial charge in [0.25, 0.3) is 0 Å². The molecule has 2 aliphatic heterocycles. The molecule has 0 aromatic rings. The lowest BCUT2D eigenvalue weighted by Gasteiger charge is -2.30. The largest absolute Gasteiger partial charge is 0.335 e. The molecular weight excluding hydrogens is 218 g/mol. The Hall–Kier alpha value is -1.32. The molecule has 3 N–H and O–H groups in total. The minimum Gasteiger partial charge on any atom is -0.335 e. The standard InChI is InChI=1S/C11H19N5O/c12-7-9-1-4-15(8-9)11(17)14-10-2-5-16(13)6-3-10/h9-10H,1-6,8,13H2,(H,14,17). The van der Waals surface area contributed by atoms with Crippen molar-refractivity contribution >= 4 is 6.03 Å². The van der Waals surface area contributed by atoms with Crippen molar-refractivity contribution in [3.63, 3.8) is 0 Å². The highest BCUT2D eigenvalue weighted by Gasteiger charge is 2.28. The minimum absolute atomic E-state index is 0.00615. The van der Waals surface area contributed by atoms with E-state index in [0.29, 0.717) is 13.1 Å². The van der Waals surface area contributed by atoms with Gasteiger partial charge in [0.1, 0.15) is 0 Å². The number of likely N-dealkylation sites (tertiary alicyclic amines) is 1. The highest BCUT2D eigenvalue weighted by Crippen LogP contribution is 2.15. The number of nitrogens with two attached hydrogens (primary N) is 1. The number of carbonyl (C=O) groups is 1. The first kappa shape index (κ1) is 12.1. The fourth-order valence-corrected chi connectivity index (χ4v) is 2.36. The second-order valence-corrected chi connectivity index (χ2v) is 4.82. The molecule has 0 aromatic heterocycles. The smallest absolute Gasteiger partial charge is 0.317 e. The van der Waals surface area contributed by atoms with E-state index in [2.05, 4.69) is 11.4 Å². The molecule has 94 valence electrons. The van der Waals surface area contributed by atoms with Crippen LogP contribution in [0.15, 0.2) is 0 Å². The second kappa shape index (κ2) is 5.34. The summed E-state index contributed by atoms with van der Waals surface area (Å²) in [6.45, 7) is 2.91. The number of hydrazine groups is 1. The van der Waals surface area contributed by atoms with E-state index >= 15 is 0 Å². The van der Waals surface area contributed by atoms with Crippen molar-refractivity contribution < 1.29 is 4.79 Å². The Morgan fingerprint density at radius 1 is 1.29 bits per heavy atom. The first-order valence-corrected chi connectivity index (χ1v) is 6.13. The van der Waals surface area contributed by atoms with Crippen LogP contribution in [0.1, 0.15) is 19.3 Å². The lowest BCUT2D eigenvalue weighted by molar-refractivity contribution is 0.179. The third kappa shape index (κ3) is 3.08. The fraction of sp³-hybridized carbons (Fsp3) is 0.818. The Bertz CT molecular complexity index is 318. The molecule has 6 nitrogen and oxygen atoms in total. The Kier molecular flexibility index (Phi) is 3.82. The van der Waals surface area contributed by atoms with E-state index in [9.17, 15) is 4.79 Å². The maximum Gasteiger partial charge on any atom is 0.317 e. The van der Waals surface area contributed by atoms with Gasteiger partial charge in [0.2, 0.25) is 0 Å². The van der Waals surface area contributed by atoms with Gasteiger partial charge in [-0.05, 0) is 19.3 Å². The topological polar surface area (TPSA) is 85.4 Å². The van der Waals surface area contributed by atoms with Crippen molar-refractivity contribution in [1.82, 2.24) is 15.2 Å². The number of carbonyl (C=O) groups excluding carboxylic acids is 1. The molecule has 0 aromatic carbocycles. The zero-order chi connectivity index (χ0) is 12.3. The van der Waals surface area contributed by atoms with Gasteiger partial charge in [0.15, 0.2) is 0 Å². The van der Waals surface area contributed by atoms with Gasteiger partial charge < -0.3 is 10.2 Å². The summed E-state index contributed by atoms with van der Waals surface area (Å²) in [4.78, 5) is 13.7. The Morgan fingerprint density at radius 2 is 2.00 bits per heavy atom. The molecule has 2 saturated heterocycles. The van der Waals surface area contributed by atoms with Crippen molar-refractivity contribution in [2.75, 3.05) is 26.2 Å². The predicted molar refractivity (Wildman–Crippen MR) is 62.6 cm³/mol. The summed E-state index contributed by atoms with van der Waals surface area (Å²) in [5.41, 5.74) is 0. The number of nitriles is 1. The van der Waals surface area contributed by atoms with E-state index in [1.54, 1.807) is 9.91 Å². The molecule has 6 heteroatoms. The number of piperidine rings is 1. The first-order chi connectivity index (χ1) is 8.19. The number of hydrogen-bond donors (Lipinski definition) is 2. The number of urea groups is 1. The van der Waals surface area contributed by atoms with Crippen LogP contribution in [0.25, 0.3) is 0 Å². The van der Waals surface area contributed by atoms with Gasteiger partial charge in [0, 0.05) is 32.2 Å². The molecule has 2 heterocycles. The van der Waals surface area contributed by atoms with Gasteiger partial charge in [0.05, 0.1) is 12.0 Å². The monoisotopic (exact) mass is 237 g/mol. The summed E-state index contributed by atoms with van der Waals surface area (Å²) in [6.07, 6.45) is 2.60. The molecular formula is C11H19N5O. The van der Waals surface area contributed by atoms with Crippen LogP contribution in [0.3, 0.4) is 0 Å². The van der Waals surface area contributed by atoms with Crippen molar-refractivity contribution in [2.45, 2.75) is 25.3 Å². The molecule has 1 unspecified atom stereocenters. The number of hydrogen-bond acceptors (Lipinski definition) is 4. The molecule has 1 atom stereocenters. The van der Waals surface area contributed by atoms with Crippen LogP contribution in [-0.4, -0.2) is 48.2 Å². The molecule has 2 aliphatic rings. The maximum absolute atomic E-state index is 11.9. The van der Waals surface area contributed by atoms with Gasteiger partial charge in [-0.2, -0.15) is 5.26 Å². The summed E-state index contributed by atoms with van der Waals surface area (Å²) in [5, 5.41) is 13.6. The highest BCUT2D eigenvalue weighted by molar-refractivity contribution is 5.74. The van der Waals surface area contributed by atoms with E-state index in [0.717, 1.165) is 32.4 Å². The summed E-state index contributed by atoms with van der Waals surface area (Å²) in [5.74, 6) is 5.67. The van der Waals surface area contributed by atoms with Crippen molar-refractivity contribution in [1.29, 1.82) is 5.26 Å². The molecule has 0 saturated carbocycles. The third-order valence-corrected chi connectivity index (χ3v) is 3.52. The number of nitrogens with one attached hydrogen (secondary N) is 1. The van der Waals surface area contributed by atoms with Crippen LogP contribution >= 0.6 is 0 Å². The highest BCUT2D eigenvalue weighted by atomic mass is 16.2. The Labute approximate surface area is 101 Å². The number of rotatable bonds is 1. The molecule has 17 heavy (non-hydrogen) atoms. The lowest BCUT2D eigenvalue weighted by atomic mass is 10.1. The molecule has 2 fully saturated rings. The Morgan fingerprint density at radius 3 is 2.59 bits per heavy atom.